The molecule has 6 rings (SSSR count). The molecule has 0 N–H and O–H groups in total. The fraction of sp³-hybridized carbons (Fsp3) is 0.333. The summed E-state index contributed by atoms with van der Waals surface area (Å²) in [4.78, 5) is 0. The number of allylic oxidation sites excluding steroid dienone is 4. The van der Waals surface area contributed by atoms with Crippen LogP contribution in [0.25, 0.3) is 0 Å². The molecule has 0 aromatic heterocycles. The Kier molecular flexibility index (Phi) is 8.36. The lowest BCUT2D eigenvalue weighted by molar-refractivity contribution is 0.0983. The zero-order chi connectivity index (χ0) is 24.9. The van der Waals surface area contributed by atoms with Gasteiger partial charge in [0.25, 0.3) is 0 Å². The van der Waals surface area contributed by atoms with Crippen LogP contribution in [-0.4, -0.2) is 17.4 Å². The van der Waals surface area contributed by atoms with Gasteiger partial charge in [-0.25, -0.2) is 0 Å². The molecule has 190 valence electrons. The SMILES string of the molecule is C1=CCC(P(P[C@@H]2CCC[C@]23CCCC3OP(c2ccccc2)c2ccccc2)c2ccccc2)C=C1. The quantitative estimate of drug-likeness (QED) is 0.260. The molecule has 2 fully saturated rings. The van der Waals surface area contributed by atoms with Crippen LogP contribution >= 0.6 is 24.0 Å². The first kappa shape index (κ1) is 25.7. The molecule has 3 aromatic rings. The summed E-state index contributed by atoms with van der Waals surface area (Å²) in [6.07, 6.45) is 18.9. The average molecular weight is 543 g/mol. The lowest BCUT2D eigenvalue weighted by Crippen LogP contribution is -2.37. The van der Waals surface area contributed by atoms with Gasteiger partial charge in [0.05, 0.1) is 14.3 Å². The van der Waals surface area contributed by atoms with Crippen molar-refractivity contribution < 1.29 is 4.52 Å². The van der Waals surface area contributed by atoms with Crippen LogP contribution in [0.5, 0.6) is 0 Å². The number of hydrogen-bond donors (Lipinski definition) is 0. The zero-order valence-corrected chi connectivity index (χ0v) is 24.2. The summed E-state index contributed by atoms with van der Waals surface area (Å²) in [6.45, 7) is 0. The van der Waals surface area contributed by atoms with Gasteiger partial charge in [0.2, 0.25) is 0 Å². The van der Waals surface area contributed by atoms with Crippen molar-refractivity contribution in [2.24, 2.45) is 5.41 Å². The van der Waals surface area contributed by atoms with Gasteiger partial charge in [-0.3, -0.25) is 0 Å². The Hall–Kier alpha value is -1.61. The minimum atomic E-state index is -0.811. The maximum Gasteiger partial charge on any atom is 0.0921 e. The largest absolute Gasteiger partial charge is 0.346 e. The molecule has 37 heavy (non-hydrogen) atoms. The van der Waals surface area contributed by atoms with E-state index in [0.717, 1.165) is 13.9 Å². The minimum Gasteiger partial charge on any atom is -0.346 e. The minimum absolute atomic E-state index is 0.215. The summed E-state index contributed by atoms with van der Waals surface area (Å²) in [7, 11) is -0.0132. The Morgan fingerprint density at radius 3 is 1.89 bits per heavy atom. The van der Waals surface area contributed by atoms with Gasteiger partial charge in [0.1, 0.15) is 0 Å². The summed E-state index contributed by atoms with van der Waals surface area (Å²) < 4.78 is 7.34. The van der Waals surface area contributed by atoms with E-state index < -0.39 is 8.15 Å². The lowest BCUT2D eigenvalue weighted by Gasteiger charge is -2.41. The topological polar surface area (TPSA) is 9.23 Å². The van der Waals surface area contributed by atoms with Crippen molar-refractivity contribution in [3.63, 3.8) is 0 Å². The molecule has 1 spiro atoms. The second kappa shape index (κ2) is 12.1. The van der Waals surface area contributed by atoms with E-state index in [1.54, 1.807) is 5.30 Å². The summed E-state index contributed by atoms with van der Waals surface area (Å²) >= 11 is 0. The third kappa shape index (κ3) is 5.58. The first-order valence-corrected chi connectivity index (χ1v) is 18.4. The van der Waals surface area contributed by atoms with Crippen LogP contribution in [0.15, 0.2) is 115 Å². The highest BCUT2D eigenvalue weighted by Crippen LogP contribution is 2.70. The summed E-state index contributed by atoms with van der Waals surface area (Å²) in [5.41, 5.74) is 1.81. The van der Waals surface area contributed by atoms with Gasteiger partial charge in [-0.15, -0.1) is 0 Å². The molecule has 3 aromatic carbocycles. The molecule has 0 amide bonds. The highest BCUT2D eigenvalue weighted by Gasteiger charge is 2.53. The first-order chi connectivity index (χ1) is 18.3. The molecule has 3 aliphatic rings. The summed E-state index contributed by atoms with van der Waals surface area (Å²) in [6, 6.07) is 33.5. The Morgan fingerprint density at radius 2 is 1.30 bits per heavy atom. The molecule has 3 aliphatic carbocycles. The smallest absolute Gasteiger partial charge is 0.0921 e. The van der Waals surface area contributed by atoms with E-state index in [-0.39, 0.29) is 7.61 Å². The van der Waals surface area contributed by atoms with E-state index in [4.69, 9.17) is 4.52 Å². The Morgan fingerprint density at radius 1 is 0.703 bits per heavy atom. The summed E-state index contributed by atoms with van der Waals surface area (Å²) in [5, 5.41) is 4.27. The molecule has 0 radical (unpaired) electrons. The normalized spacial score (nSPS) is 28.1. The predicted octanol–water partition coefficient (Wildman–Crippen LogP) is 8.43. The summed E-state index contributed by atoms with van der Waals surface area (Å²) in [5.74, 6) is 0. The molecule has 0 aliphatic heterocycles. The van der Waals surface area contributed by atoms with Crippen LogP contribution in [0.2, 0.25) is 0 Å². The van der Waals surface area contributed by atoms with Crippen molar-refractivity contribution in [3.05, 3.63) is 115 Å². The van der Waals surface area contributed by atoms with Gasteiger partial charge in [-0.1, -0.05) is 136 Å². The van der Waals surface area contributed by atoms with Gasteiger partial charge < -0.3 is 4.52 Å². The first-order valence-electron chi connectivity index (χ1n) is 13.8. The van der Waals surface area contributed by atoms with E-state index in [2.05, 4.69) is 115 Å². The highest BCUT2D eigenvalue weighted by atomic mass is 32.0. The Labute approximate surface area is 227 Å². The van der Waals surface area contributed by atoms with Crippen molar-refractivity contribution in [3.8, 4) is 0 Å². The molecule has 2 saturated carbocycles. The predicted molar refractivity (Wildman–Crippen MR) is 166 cm³/mol. The van der Waals surface area contributed by atoms with Crippen LogP contribution in [0, 0.1) is 5.41 Å². The van der Waals surface area contributed by atoms with Gasteiger partial charge in [0, 0.05) is 21.7 Å². The van der Waals surface area contributed by atoms with E-state index in [9.17, 15) is 0 Å². The second-order valence-electron chi connectivity index (χ2n) is 10.6. The number of rotatable bonds is 8. The fourth-order valence-corrected chi connectivity index (χ4v) is 16.0. The third-order valence-corrected chi connectivity index (χ3v) is 17.3. The molecule has 4 unspecified atom stereocenters. The lowest BCUT2D eigenvalue weighted by atomic mass is 9.82. The van der Waals surface area contributed by atoms with Crippen molar-refractivity contribution in [1.29, 1.82) is 0 Å². The molecule has 0 saturated heterocycles. The number of hydrogen-bond acceptors (Lipinski definition) is 1. The molecular weight excluding hydrogens is 505 g/mol. The van der Waals surface area contributed by atoms with E-state index in [0.29, 0.717) is 17.2 Å². The fourth-order valence-electron chi connectivity index (χ4n) is 6.60. The highest BCUT2D eigenvalue weighted by molar-refractivity contribution is 8.25. The molecule has 1 nitrogen and oxygen atoms in total. The van der Waals surface area contributed by atoms with Crippen LogP contribution in [-0.2, 0) is 4.52 Å². The maximum absolute atomic E-state index is 7.34. The van der Waals surface area contributed by atoms with Gasteiger partial charge in [-0.05, 0) is 50.7 Å². The molecule has 0 bridgehead atoms. The zero-order valence-electron chi connectivity index (χ0n) is 21.5. The van der Waals surface area contributed by atoms with Crippen LogP contribution in [0.3, 0.4) is 0 Å². The molecule has 6 atom stereocenters. The number of benzene rings is 3. The van der Waals surface area contributed by atoms with Crippen LogP contribution in [0.1, 0.15) is 44.9 Å². The van der Waals surface area contributed by atoms with Crippen molar-refractivity contribution in [1.82, 2.24) is 0 Å². The standard InChI is InChI=1S/C33H37OP3/c1-5-15-27(16-6-1)36(28-17-7-2-8-18-28)34-31-23-13-25-33(31)26-14-24-32(33)35-37(29-19-9-3-10-20-29)30-21-11-4-12-22-30/h1-12,15-21,30-32,35H,13-14,22-26H2/t30?,31?,32-,33+,37?/m1/s1. The Balaban J connectivity index is 1.29. The second-order valence-corrected chi connectivity index (χ2v) is 17.5. The van der Waals surface area contributed by atoms with Crippen LogP contribution in [0.4, 0.5) is 0 Å². The third-order valence-electron chi connectivity index (χ3n) is 8.41. The van der Waals surface area contributed by atoms with Crippen molar-refractivity contribution >= 4 is 39.9 Å². The monoisotopic (exact) mass is 542 g/mol. The van der Waals surface area contributed by atoms with Gasteiger partial charge >= 0.3 is 0 Å². The van der Waals surface area contributed by atoms with Crippen LogP contribution < -0.4 is 15.9 Å². The Bertz CT molecular complexity index is 1150. The molecule has 4 heteroatoms. The molecule has 0 heterocycles. The van der Waals surface area contributed by atoms with Gasteiger partial charge in [-0.2, -0.15) is 0 Å². The molecular formula is C33H37OP3. The van der Waals surface area contributed by atoms with E-state index in [1.807, 2.05) is 0 Å². The van der Waals surface area contributed by atoms with E-state index >= 15 is 0 Å². The van der Waals surface area contributed by atoms with Crippen molar-refractivity contribution in [2.45, 2.75) is 62.4 Å². The van der Waals surface area contributed by atoms with Gasteiger partial charge in [0.15, 0.2) is 0 Å². The average Bonchev–Trinajstić information content (AvgIpc) is 3.58. The van der Waals surface area contributed by atoms with E-state index in [1.165, 1.54) is 55.6 Å². The maximum atomic E-state index is 7.34. The van der Waals surface area contributed by atoms with Crippen molar-refractivity contribution in [2.75, 3.05) is 0 Å².